The van der Waals surface area contributed by atoms with Gasteiger partial charge in [0.25, 0.3) is 5.56 Å². The van der Waals surface area contributed by atoms with Crippen LogP contribution in [0.1, 0.15) is 31.2 Å². The number of rotatable bonds is 6. The van der Waals surface area contributed by atoms with E-state index in [0.29, 0.717) is 48.5 Å². The van der Waals surface area contributed by atoms with Gasteiger partial charge in [-0.15, -0.1) is 0 Å². The molecule has 0 fully saturated rings. The van der Waals surface area contributed by atoms with Crippen LogP contribution in [0.15, 0.2) is 84.5 Å². The highest BCUT2D eigenvalue weighted by molar-refractivity contribution is 9.10. The Hall–Kier alpha value is -3.40. The minimum absolute atomic E-state index is 0.198. The Labute approximate surface area is 235 Å². The molecule has 10 heteroatoms. The first-order valence-electron chi connectivity index (χ1n) is 11.7. The van der Waals surface area contributed by atoms with Crippen molar-refractivity contribution in [3.63, 3.8) is 0 Å². The van der Waals surface area contributed by atoms with Crippen LogP contribution in [0.25, 0.3) is 17.4 Å². The minimum atomic E-state index is -0.763. The summed E-state index contributed by atoms with van der Waals surface area (Å²) >= 11 is 10.8. The van der Waals surface area contributed by atoms with E-state index >= 15 is 0 Å². The summed E-state index contributed by atoms with van der Waals surface area (Å²) in [6, 6.07) is 15.7. The molecule has 0 radical (unpaired) electrons. The normalized spacial score (nSPS) is 15.3. The lowest BCUT2D eigenvalue weighted by Gasteiger charge is -2.25. The molecule has 0 saturated carbocycles. The van der Waals surface area contributed by atoms with Crippen molar-refractivity contribution in [1.82, 2.24) is 4.57 Å². The van der Waals surface area contributed by atoms with Gasteiger partial charge in [-0.3, -0.25) is 9.36 Å². The zero-order chi connectivity index (χ0) is 27.0. The van der Waals surface area contributed by atoms with Crippen molar-refractivity contribution >= 4 is 50.9 Å². The van der Waals surface area contributed by atoms with Gasteiger partial charge in [0.1, 0.15) is 23.3 Å². The number of para-hydroxylation sites is 1. The highest BCUT2D eigenvalue weighted by atomic mass is 79.9. The molecule has 194 valence electrons. The molecule has 1 aliphatic heterocycles. The predicted molar refractivity (Wildman–Crippen MR) is 150 cm³/mol. The number of carbonyl (C=O) groups is 1. The van der Waals surface area contributed by atoms with Crippen molar-refractivity contribution in [3.8, 4) is 17.1 Å². The van der Waals surface area contributed by atoms with Crippen molar-refractivity contribution in [3.05, 3.63) is 106 Å². The second-order valence-electron chi connectivity index (χ2n) is 8.38. The first-order valence-corrected chi connectivity index (χ1v) is 13.7. The molecular formula is C28H22BrClN2O5S. The molecule has 4 aromatic rings. The largest absolute Gasteiger partial charge is 0.496 e. The number of hydrogen-bond donors (Lipinski definition) is 0. The van der Waals surface area contributed by atoms with E-state index in [1.54, 1.807) is 45.2 Å². The molecule has 5 rings (SSSR count). The zero-order valence-corrected chi connectivity index (χ0v) is 23.8. The summed E-state index contributed by atoms with van der Waals surface area (Å²) in [6.45, 7) is 3.68. The number of fused-ring (bicyclic) bond motifs is 1. The number of nitrogens with zero attached hydrogens (tertiary/aromatic N) is 2. The molecule has 0 unspecified atom stereocenters. The number of benzene rings is 2. The molecule has 3 heterocycles. The zero-order valence-electron chi connectivity index (χ0n) is 20.7. The molecule has 2 aromatic heterocycles. The summed E-state index contributed by atoms with van der Waals surface area (Å²) in [7, 11) is 1.55. The quantitative estimate of drug-likeness (QED) is 0.269. The first kappa shape index (κ1) is 26.2. The number of methoxy groups -OCH3 is 1. The van der Waals surface area contributed by atoms with E-state index in [2.05, 4.69) is 20.9 Å². The van der Waals surface area contributed by atoms with E-state index in [1.165, 1.54) is 15.9 Å². The molecular weight excluding hydrogens is 592 g/mol. The van der Waals surface area contributed by atoms with Gasteiger partial charge in [-0.05, 0) is 60.1 Å². The molecule has 0 aliphatic carbocycles. The van der Waals surface area contributed by atoms with E-state index in [0.717, 1.165) is 10.0 Å². The fraction of sp³-hybridized carbons (Fsp3) is 0.179. The first-order chi connectivity index (χ1) is 18.3. The standard InChI is InChI=1S/C28H22BrClN2O5S/c1-4-36-27(34)24-15(2)31-28-32(25(24)18-7-5-6-8-22(18)35-3)26(33)23(38-28)14-17-10-12-21(37-17)16-9-11-19(29)20(30)13-16/h5-14,25H,4H2,1-3H3/b23-14-/t25-/m0/s1. The number of ether oxygens (including phenoxy) is 2. The summed E-state index contributed by atoms with van der Waals surface area (Å²) < 4.78 is 19.7. The summed E-state index contributed by atoms with van der Waals surface area (Å²) in [4.78, 5) is 31.9. The minimum Gasteiger partial charge on any atom is -0.496 e. The van der Waals surface area contributed by atoms with Crippen LogP contribution in [0, 0.1) is 0 Å². The van der Waals surface area contributed by atoms with E-state index < -0.39 is 12.0 Å². The third-order valence-corrected chi connectivity index (χ3v) is 8.27. The molecule has 0 bridgehead atoms. The Balaban J connectivity index is 1.65. The van der Waals surface area contributed by atoms with Gasteiger partial charge in [-0.2, -0.15) is 0 Å². The van der Waals surface area contributed by atoms with Crippen molar-refractivity contribution in [2.75, 3.05) is 13.7 Å². The lowest BCUT2D eigenvalue weighted by Crippen LogP contribution is -2.40. The fourth-order valence-corrected chi connectivity index (χ4v) is 5.80. The van der Waals surface area contributed by atoms with Crippen LogP contribution in [0.2, 0.25) is 5.02 Å². The maximum absolute atomic E-state index is 13.8. The third-order valence-electron chi connectivity index (χ3n) is 6.05. The van der Waals surface area contributed by atoms with Gasteiger partial charge in [0, 0.05) is 21.7 Å². The van der Waals surface area contributed by atoms with Gasteiger partial charge in [0.15, 0.2) is 4.80 Å². The van der Waals surface area contributed by atoms with Crippen LogP contribution in [0.3, 0.4) is 0 Å². The van der Waals surface area contributed by atoms with Gasteiger partial charge in [-0.25, -0.2) is 9.79 Å². The Kier molecular flexibility index (Phi) is 7.43. The van der Waals surface area contributed by atoms with Gasteiger partial charge < -0.3 is 13.9 Å². The van der Waals surface area contributed by atoms with Crippen LogP contribution >= 0.6 is 38.9 Å². The molecule has 1 aliphatic rings. The number of allylic oxidation sites excluding steroid dienone is 1. The van der Waals surface area contributed by atoms with Crippen LogP contribution in [-0.4, -0.2) is 24.3 Å². The lowest BCUT2D eigenvalue weighted by atomic mass is 9.95. The predicted octanol–water partition coefficient (Wildman–Crippen LogP) is 5.48. The number of halogens is 2. The second kappa shape index (κ2) is 10.8. The van der Waals surface area contributed by atoms with Gasteiger partial charge in [0.05, 0.1) is 34.5 Å². The number of carbonyl (C=O) groups excluding carboxylic acids is 1. The van der Waals surface area contributed by atoms with Crippen molar-refractivity contribution < 1.29 is 18.7 Å². The van der Waals surface area contributed by atoms with Crippen LogP contribution in [-0.2, 0) is 9.53 Å². The Bertz CT molecular complexity index is 1770. The van der Waals surface area contributed by atoms with Crippen LogP contribution in [0.5, 0.6) is 5.75 Å². The highest BCUT2D eigenvalue weighted by Gasteiger charge is 2.35. The van der Waals surface area contributed by atoms with Crippen LogP contribution < -0.4 is 19.6 Å². The van der Waals surface area contributed by atoms with Gasteiger partial charge in [0.2, 0.25) is 0 Å². The average molecular weight is 614 g/mol. The number of hydrogen-bond acceptors (Lipinski definition) is 7. The number of aromatic nitrogens is 1. The Morgan fingerprint density at radius 2 is 2.03 bits per heavy atom. The van der Waals surface area contributed by atoms with E-state index in [-0.39, 0.29) is 12.2 Å². The van der Waals surface area contributed by atoms with Crippen molar-refractivity contribution in [2.24, 2.45) is 4.99 Å². The number of furan rings is 1. The Morgan fingerprint density at radius 1 is 1.24 bits per heavy atom. The summed E-state index contributed by atoms with van der Waals surface area (Å²) in [5.41, 5.74) is 1.95. The third kappa shape index (κ3) is 4.77. The van der Waals surface area contributed by atoms with E-state index in [1.807, 2.05) is 36.4 Å². The molecule has 0 N–H and O–H groups in total. The monoisotopic (exact) mass is 612 g/mol. The maximum atomic E-state index is 13.8. The lowest BCUT2D eigenvalue weighted by molar-refractivity contribution is -0.139. The Morgan fingerprint density at radius 3 is 2.76 bits per heavy atom. The molecule has 38 heavy (non-hydrogen) atoms. The number of esters is 1. The summed E-state index contributed by atoms with van der Waals surface area (Å²) in [6.07, 6.45) is 1.68. The van der Waals surface area contributed by atoms with E-state index in [9.17, 15) is 9.59 Å². The molecule has 0 amide bonds. The SMILES string of the molecule is CCOC(=O)C1=C(C)N=c2s/c(=C\c3ccc(-c4ccc(Br)c(Cl)c4)o3)c(=O)n2[C@H]1c1ccccc1OC. The van der Waals surface area contributed by atoms with Gasteiger partial charge >= 0.3 is 5.97 Å². The maximum Gasteiger partial charge on any atom is 0.338 e. The summed E-state index contributed by atoms with van der Waals surface area (Å²) in [5, 5.41) is 0.567. The summed E-state index contributed by atoms with van der Waals surface area (Å²) in [5.74, 6) is 1.14. The molecule has 0 saturated heterocycles. The topological polar surface area (TPSA) is 83.0 Å². The van der Waals surface area contributed by atoms with E-state index in [4.69, 9.17) is 25.5 Å². The van der Waals surface area contributed by atoms with Gasteiger partial charge in [-0.1, -0.05) is 47.2 Å². The molecule has 7 nitrogen and oxygen atoms in total. The highest BCUT2D eigenvalue weighted by Crippen LogP contribution is 2.35. The molecule has 2 aromatic carbocycles. The second-order valence-corrected chi connectivity index (χ2v) is 10.6. The average Bonchev–Trinajstić information content (AvgIpc) is 3.49. The van der Waals surface area contributed by atoms with Crippen molar-refractivity contribution in [2.45, 2.75) is 19.9 Å². The number of thiazole rings is 1. The van der Waals surface area contributed by atoms with Crippen molar-refractivity contribution in [1.29, 1.82) is 0 Å². The smallest absolute Gasteiger partial charge is 0.338 e. The van der Waals surface area contributed by atoms with Crippen LogP contribution in [0.4, 0.5) is 0 Å². The molecule has 0 spiro atoms. The molecule has 1 atom stereocenters. The fourth-order valence-electron chi connectivity index (χ4n) is 4.34.